The Labute approximate surface area is 92.7 Å². The lowest BCUT2D eigenvalue weighted by molar-refractivity contribution is 0.508. The van der Waals surface area contributed by atoms with E-state index in [1.54, 1.807) is 19.2 Å². The van der Waals surface area contributed by atoms with E-state index >= 15 is 0 Å². The van der Waals surface area contributed by atoms with Gasteiger partial charge in [-0.1, -0.05) is 18.2 Å². The van der Waals surface area contributed by atoms with Crippen molar-refractivity contribution in [1.82, 2.24) is 9.78 Å². The second-order valence-electron chi connectivity index (χ2n) is 3.75. The molecule has 0 spiro atoms. The molecule has 0 aliphatic rings. The lowest BCUT2D eigenvalue weighted by Gasteiger charge is -2.06. The molecule has 4 nitrogen and oxygen atoms in total. The summed E-state index contributed by atoms with van der Waals surface area (Å²) in [6, 6.07) is 9.40. The first-order valence-electron chi connectivity index (χ1n) is 5.07. The summed E-state index contributed by atoms with van der Waals surface area (Å²) in [7, 11) is 0. The molecule has 1 unspecified atom stereocenters. The Bertz CT molecular complexity index is 609. The minimum absolute atomic E-state index is 0.139. The molecule has 1 aromatic carbocycles. The SMILES string of the molecule is CC(C#N)Cn1ncc2ccccc2c1=O. The van der Waals surface area contributed by atoms with E-state index in [-0.39, 0.29) is 11.5 Å². The van der Waals surface area contributed by atoms with Crippen LogP contribution in [0.15, 0.2) is 35.3 Å². The van der Waals surface area contributed by atoms with Crippen molar-refractivity contribution in [2.75, 3.05) is 0 Å². The highest BCUT2D eigenvalue weighted by Crippen LogP contribution is 2.06. The molecule has 1 atom stereocenters. The molecule has 2 rings (SSSR count). The van der Waals surface area contributed by atoms with Crippen LogP contribution >= 0.6 is 0 Å². The van der Waals surface area contributed by atoms with Crippen molar-refractivity contribution in [2.24, 2.45) is 5.92 Å². The number of rotatable bonds is 2. The van der Waals surface area contributed by atoms with Crippen LogP contribution in [0.25, 0.3) is 10.8 Å². The van der Waals surface area contributed by atoms with Gasteiger partial charge in [-0.05, 0) is 13.0 Å². The first-order chi connectivity index (χ1) is 7.72. The molecule has 0 fully saturated rings. The van der Waals surface area contributed by atoms with Gasteiger partial charge in [-0.15, -0.1) is 0 Å². The van der Waals surface area contributed by atoms with Gasteiger partial charge >= 0.3 is 0 Å². The highest BCUT2D eigenvalue weighted by molar-refractivity contribution is 5.80. The summed E-state index contributed by atoms with van der Waals surface area (Å²) in [6.45, 7) is 2.10. The van der Waals surface area contributed by atoms with Crippen LogP contribution in [-0.2, 0) is 6.54 Å². The average molecular weight is 213 g/mol. The maximum atomic E-state index is 12.0. The lowest BCUT2D eigenvalue weighted by Crippen LogP contribution is -2.25. The van der Waals surface area contributed by atoms with E-state index in [1.165, 1.54) is 4.68 Å². The van der Waals surface area contributed by atoms with E-state index < -0.39 is 0 Å². The topological polar surface area (TPSA) is 58.7 Å². The van der Waals surface area contributed by atoms with Crippen molar-refractivity contribution >= 4 is 10.8 Å². The Hall–Kier alpha value is -2.15. The van der Waals surface area contributed by atoms with Gasteiger partial charge in [0.1, 0.15) is 0 Å². The number of nitrogens with zero attached hydrogens (tertiary/aromatic N) is 3. The zero-order valence-electron chi connectivity index (χ0n) is 8.92. The molecular weight excluding hydrogens is 202 g/mol. The van der Waals surface area contributed by atoms with Gasteiger partial charge in [0, 0.05) is 5.39 Å². The molecule has 2 aromatic rings. The van der Waals surface area contributed by atoms with Crippen molar-refractivity contribution in [3.05, 3.63) is 40.8 Å². The summed E-state index contributed by atoms with van der Waals surface area (Å²) in [5.41, 5.74) is -0.139. The predicted molar refractivity (Wildman–Crippen MR) is 60.8 cm³/mol. The fourth-order valence-electron chi connectivity index (χ4n) is 1.56. The molecule has 1 heterocycles. The smallest absolute Gasteiger partial charge is 0.267 e. The minimum Gasteiger partial charge on any atom is -0.267 e. The standard InChI is InChI=1S/C12H11N3O/c1-9(6-13)8-15-12(16)11-5-3-2-4-10(11)7-14-15/h2-5,7,9H,8H2,1H3. The number of hydrogen-bond acceptors (Lipinski definition) is 3. The van der Waals surface area contributed by atoms with Crippen LogP contribution in [-0.4, -0.2) is 9.78 Å². The second-order valence-corrected chi connectivity index (χ2v) is 3.75. The van der Waals surface area contributed by atoms with Crippen molar-refractivity contribution in [1.29, 1.82) is 5.26 Å². The maximum Gasteiger partial charge on any atom is 0.274 e. The minimum atomic E-state index is -0.216. The summed E-state index contributed by atoms with van der Waals surface area (Å²) in [5.74, 6) is -0.216. The molecule has 80 valence electrons. The molecule has 0 aliphatic heterocycles. The molecule has 16 heavy (non-hydrogen) atoms. The Morgan fingerprint density at radius 3 is 3.00 bits per heavy atom. The average Bonchev–Trinajstić information content (AvgIpc) is 2.33. The summed E-state index contributed by atoms with van der Waals surface area (Å²) in [5, 5.41) is 14.2. The first kappa shape index (κ1) is 10.4. The largest absolute Gasteiger partial charge is 0.274 e. The number of aromatic nitrogens is 2. The molecule has 0 bridgehead atoms. The zero-order chi connectivity index (χ0) is 11.5. The Kier molecular flexibility index (Phi) is 2.69. The Balaban J connectivity index is 2.54. The van der Waals surface area contributed by atoms with E-state index in [0.29, 0.717) is 11.9 Å². The zero-order valence-corrected chi connectivity index (χ0v) is 8.92. The molecule has 0 aliphatic carbocycles. The Morgan fingerprint density at radius 1 is 1.50 bits per heavy atom. The number of nitriles is 1. The van der Waals surface area contributed by atoms with Crippen molar-refractivity contribution < 1.29 is 0 Å². The van der Waals surface area contributed by atoms with Gasteiger partial charge in [0.15, 0.2) is 0 Å². The molecule has 0 N–H and O–H groups in total. The number of hydrogen-bond donors (Lipinski definition) is 0. The molecule has 0 saturated heterocycles. The fraction of sp³-hybridized carbons (Fsp3) is 0.250. The van der Waals surface area contributed by atoms with Gasteiger partial charge in [-0.2, -0.15) is 10.4 Å². The highest BCUT2D eigenvalue weighted by Gasteiger charge is 2.06. The van der Waals surface area contributed by atoms with Crippen molar-refractivity contribution in [3.63, 3.8) is 0 Å². The van der Waals surface area contributed by atoms with Crippen LogP contribution in [0.5, 0.6) is 0 Å². The van der Waals surface area contributed by atoms with Gasteiger partial charge in [-0.3, -0.25) is 4.79 Å². The highest BCUT2D eigenvalue weighted by atomic mass is 16.1. The summed E-state index contributed by atoms with van der Waals surface area (Å²) < 4.78 is 1.34. The maximum absolute atomic E-state index is 12.0. The third kappa shape index (κ3) is 1.80. The Morgan fingerprint density at radius 2 is 2.25 bits per heavy atom. The molecular formula is C12H11N3O. The summed E-state index contributed by atoms with van der Waals surface area (Å²) >= 11 is 0. The monoisotopic (exact) mass is 213 g/mol. The molecule has 4 heteroatoms. The third-order valence-corrected chi connectivity index (χ3v) is 2.43. The van der Waals surface area contributed by atoms with Crippen LogP contribution < -0.4 is 5.56 Å². The van der Waals surface area contributed by atoms with Crippen LogP contribution in [0.1, 0.15) is 6.92 Å². The number of fused-ring (bicyclic) bond motifs is 1. The van der Waals surface area contributed by atoms with Gasteiger partial charge in [0.05, 0.1) is 30.1 Å². The van der Waals surface area contributed by atoms with E-state index in [9.17, 15) is 4.79 Å². The summed E-state index contributed by atoms with van der Waals surface area (Å²) in [4.78, 5) is 12.0. The molecule has 0 amide bonds. The van der Waals surface area contributed by atoms with Crippen molar-refractivity contribution in [3.8, 4) is 6.07 Å². The third-order valence-electron chi connectivity index (χ3n) is 2.43. The molecule has 0 radical (unpaired) electrons. The lowest BCUT2D eigenvalue weighted by atomic mass is 10.2. The van der Waals surface area contributed by atoms with Gasteiger partial charge < -0.3 is 0 Å². The van der Waals surface area contributed by atoms with Gasteiger partial charge in [0.25, 0.3) is 5.56 Å². The van der Waals surface area contributed by atoms with Gasteiger partial charge in [-0.25, -0.2) is 4.68 Å². The second kappa shape index (κ2) is 4.15. The fourth-order valence-corrected chi connectivity index (χ4v) is 1.56. The molecule has 1 aromatic heterocycles. The van der Waals surface area contributed by atoms with Gasteiger partial charge in [0.2, 0.25) is 0 Å². The van der Waals surface area contributed by atoms with Crippen LogP contribution in [0, 0.1) is 17.2 Å². The van der Waals surface area contributed by atoms with Crippen molar-refractivity contribution in [2.45, 2.75) is 13.5 Å². The first-order valence-corrected chi connectivity index (χ1v) is 5.07. The number of benzene rings is 1. The van der Waals surface area contributed by atoms with E-state index in [2.05, 4.69) is 11.2 Å². The van der Waals surface area contributed by atoms with Crippen LogP contribution in [0.4, 0.5) is 0 Å². The van der Waals surface area contributed by atoms with Crippen LogP contribution in [0.2, 0.25) is 0 Å². The van der Waals surface area contributed by atoms with E-state index in [1.807, 2.05) is 18.2 Å². The van der Waals surface area contributed by atoms with Crippen LogP contribution in [0.3, 0.4) is 0 Å². The quantitative estimate of drug-likeness (QED) is 0.760. The molecule has 0 saturated carbocycles. The predicted octanol–water partition coefficient (Wildman–Crippen LogP) is 1.56. The van der Waals surface area contributed by atoms with E-state index in [4.69, 9.17) is 5.26 Å². The van der Waals surface area contributed by atoms with E-state index in [0.717, 1.165) is 5.39 Å². The normalized spacial score (nSPS) is 12.2. The summed E-state index contributed by atoms with van der Waals surface area (Å²) in [6.07, 6.45) is 1.65.